The fourth-order valence-electron chi connectivity index (χ4n) is 22.1. The lowest BCUT2D eigenvalue weighted by atomic mass is 9.85. The van der Waals surface area contributed by atoms with Gasteiger partial charge in [-0.25, -0.2) is 47.8 Å². The number of benzene rings is 10. The van der Waals surface area contributed by atoms with E-state index in [1.807, 2.05) is 146 Å². The second-order valence-corrected chi connectivity index (χ2v) is 39.9. The van der Waals surface area contributed by atoms with E-state index in [4.69, 9.17) is 55.2 Å². The van der Waals surface area contributed by atoms with Crippen molar-refractivity contribution in [2.45, 2.75) is 145 Å². The first-order valence-electron chi connectivity index (χ1n) is 53.4. The van der Waals surface area contributed by atoms with Crippen LogP contribution in [0.1, 0.15) is 148 Å². The number of hydrogen-bond acceptors (Lipinski definition) is 10. The van der Waals surface area contributed by atoms with Crippen molar-refractivity contribution in [3.05, 3.63) is 360 Å². The molecule has 15 aromatic heterocycles. The average Bonchev–Trinajstić information content (AvgIpc) is 1.55. The van der Waals surface area contributed by atoms with Crippen LogP contribution in [0.4, 0.5) is 0 Å². The maximum absolute atomic E-state index is 8.53. The summed E-state index contributed by atoms with van der Waals surface area (Å²) in [5.41, 5.74) is 33.7. The molecule has 15 heterocycles. The molecule has 710 valence electrons. The zero-order valence-corrected chi connectivity index (χ0v) is 83.8. The summed E-state index contributed by atoms with van der Waals surface area (Å²) in [4.78, 5) is 23.8. The van der Waals surface area contributed by atoms with Crippen molar-refractivity contribution in [2.24, 2.45) is 47.1 Å². The van der Waals surface area contributed by atoms with E-state index in [0.29, 0.717) is 45.3 Å². The highest BCUT2D eigenvalue weighted by atomic mass is 16.4. The predicted molar refractivity (Wildman–Crippen MR) is 586 cm³/mol. The number of hydrogen-bond donors (Lipinski definition) is 0. The average molecular weight is 1900 g/mol. The first kappa shape index (κ1) is 84.8. The minimum absolute atomic E-state index is 0.432. The Morgan fingerprint density at radius 1 is 0.299 bits per heavy atom. The minimum Gasteiger partial charge on any atom is -0.437 e. The molecule has 27 rings (SSSR count). The van der Waals surface area contributed by atoms with Gasteiger partial charge in [0, 0.05) is 150 Å². The summed E-state index contributed by atoms with van der Waals surface area (Å²) in [5.74, 6) is -0.0744. The van der Waals surface area contributed by atoms with E-state index in [9.17, 15) is 0 Å². The standard InChI is InChI=1S/C29H29N2O.C28H27N2O.C25H23N2O.C24H21N2O.C23H19N2O/c1-19-12-13-23-24-18-22-10-6-7-11-25(22)30-29(24)32-28(23)27(19)26-17-21(14-15-31(26)2)16-20-8-4-3-5-9-20;1-18-11-12-22-23-17-21-9-5-6-10-24(21)29-28(23)31-27(22)26(18)25-16-20(13-14-30(25)2)15-19-7-3-4-8-19;1-15(2)17-11-12-27(4)22(14-17)23-16(3)9-10-19-20-13-18-7-5-6-8-21(18)26-25(20)28-24(19)23;1-4-16-11-12-26(3)21(13-16)22-15(2)9-10-18-19-14-17-7-5-6-8-20(17)25-24(19)27-23(18)22;1-14-10-11-25(3)20(12-14)21-15(2)8-9-17-18-13-16-6-4-5-7-19(16)24-23(18)26-22(17)21/h6-7,10-15,17-18,20H,3-5,8-9,16H2,1-2H3;5-6,9-14,16-17,19H,3-4,7-8,15H2,1-2H3;5-15H,1-4H3;5-14H,4H2,1-3H3;4-13H,1-3H3/q5*+1/i;;1D3,15D;4D2;. The smallest absolute Gasteiger partial charge is 0.227 e. The van der Waals surface area contributed by atoms with Crippen LogP contribution in [0.2, 0.25) is 0 Å². The van der Waals surface area contributed by atoms with E-state index in [0.717, 1.165) is 187 Å². The zero-order valence-electron chi connectivity index (χ0n) is 89.8. The van der Waals surface area contributed by atoms with Crippen molar-refractivity contribution in [3.8, 4) is 56.3 Å². The van der Waals surface area contributed by atoms with Crippen molar-refractivity contribution in [2.75, 3.05) is 0 Å². The first-order valence-corrected chi connectivity index (χ1v) is 50.4. The third-order valence-corrected chi connectivity index (χ3v) is 30.0. The highest BCUT2D eigenvalue weighted by Crippen LogP contribution is 2.46. The normalized spacial score (nSPS) is 14.4. The van der Waals surface area contributed by atoms with Gasteiger partial charge >= 0.3 is 0 Å². The van der Waals surface area contributed by atoms with Crippen molar-refractivity contribution in [1.82, 2.24) is 24.9 Å². The summed E-state index contributed by atoms with van der Waals surface area (Å²) in [6, 6.07) is 93.7. The van der Waals surface area contributed by atoms with Gasteiger partial charge in [0.2, 0.25) is 57.0 Å². The monoisotopic (exact) mass is 1890 g/mol. The summed E-state index contributed by atoms with van der Waals surface area (Å²) in [7, 11) is 10.2. The third kappa shape index (κ3) is 17.2. The summed E-state index contributed by atoms with van der Waals surface area (Å²) < 4.78 is 90.5. The maximum atomic E-state index is 8.53. The predicted octanol–water partition coefficient (Wildman–Crippen LogP) is 30.5. The lowest BCUT2D eigenvalue weighted by molar-refractivity contribution is -0.660. The quantitative estimate of drug-likeness (QED) is 0.115. The lowest BCUT2D eigenvalue weighted by Gasteiger charge is -2.21. The molecule has 2 aliphatic carbocycles. The Balaban J connectivity index is 0.000000103. The highest BCUT2D eigenvalue weighted by Gasteiger charge is 2.31. The Morgan fingerprint density at radius 3 is 0.854 bits per heavy atom. The Labute approximate surface area is 845 Å². The maximum Gasteiger partial charge on any atom is 0.227 e. The van der Waals surface area contributed by atoms with Gasteiger partial charge in [-0.05, 0) is 195 Å². The van der Waals surface area contributed by atoms with Gasteiger partial charge in [-0.15, -0.1) is 0 Å². The van der Waals surface area contributed by atoms with Gasteiger partial charge in [0.25, 0.3) is 0 Å². The van der Waals surface area contributed by atoms with Gasteiger partial charge in [0.05, 0.1) is 55.4 Å². The van der Waals surface area contributed by atoms with Crippen LogP contribution >= 0.6 is 0 Å². The lowest BCUT2D eigenvalue weighted by Crippen LogP contribution is -2.31. The number of nitrogens with zero attached hydrogens (tertiary/aromatic N) is 10. The van der Waals surface area contributed by atoms with Crippen LogP contribution in [0.15, 0.2) is 326 Å². The molecule has 2 fully saturated rings. The van der Waals surface area contributed by atoms with Crippen LogP contribution in [-0.2, 0) is 54.5 Å². The second-order valence-electron chi connectivity index (χ2n) is 39.9. The van der Waals surface area contributed by atoms with Gasteiger partial charge in [-0.1, -0.05) is 230 Å². The fourth-order valence-corrected chi connectivity index (χ4v) is 22.1. The largest absolute Gasteiger partial charge is 0.437 e. The summed E-state index contributed by atoms with van der Waals surface area (Å²) >= 11 is 0. The molecule has 144 heavy (non-hydrogen) atoms. The zero-order chi connectivity index (χ0) is 104. The van der Waals surface area contributed by atoms with E-state index >= 15 is 0 Å². The van der Waals surface area contributed by atoms with Gasteiger partial charge in [0.1, 0.15) is 35.2 Å². The topological polar surface area (TPSA) is 150 Å². The minimum atomic E-state index is -2.45. The van der Waals surface area contributed by atoms with Crippen molar-refractivity contribution >= 4 is 165 Å². The summed E-state index contributed by atoms with van der Waals surface area (Å²) in [6.07, 6.45) is 23.6. The second kappa shape index (κ2) is 38.1. The summed E-state index contributed by atoms with van der Waals surface area (Å²) in [6.45, 7) is 13.2. The first-order chi connectivity index (χ1) is 72.4. The van der Waals surface area contributed by atoms with Gasteiger partial charge in [0.15, 0.2) is 58.9 Å². The van der Waals surface area contributed by atoms with E-state index in [1.54, 1.807) is 25.3 Å². The molecule has 2 saturated carbocycles. The Bertz CT molecular complexity index is 9720. The highest BCUT2D eigenvalue weighted by molar-refractivity contribution is 6.16. The molecule has 1 unspecified atom stereocenters. The molecule has 2 aliphatic rings. The van der Waals surface area contributed by atoms with Gasteiger partial charge in [-0.2, -0.15) is 0 Å². The van der Waals surface area contributed by atoms with Gasteiger partial charge < -0.3 is 22.1 Å². The van der Waals surface area contributed by atoms with Gasteiger partial charge in [-0.3, -0.25) is 0 Å². The molecule has 1 atom stereocenters. The Hall–Kier alpha value is -16.0. The number of aromatic nitrogens is 10. The SMILES string of the molecule is Cc1cc[n+](C)c(-c2c(C)ccc3c2oc2nc4ccccc4cc23)c1.Cc1ccc2c(oc3nc4ccccc4cc32)c1-c1cc(CC2CCCC2)cc[n+]1C.Cc1ccc2c(oc3nc4ccccc4cc32)c1-c1cc(CC2CCCCC2)cc[n+]1C.[2H]C([2H])(C)c1cc[n+](C)c(-c2c(C)ccc3c2oc2nc4ccccc4cc23)c1.[2H]C([2H])([2H])C([2H])(C)c1cc[n+](C)c(-c2c(C)ccc3c2oc2nc4ccccc4cc23)c1. The molecular weight excluding hydrogens is 1770 g/mol. The van der Waals surface area contributed by atoms with E-state index < -0.39 is 19.1 Å². The molecular formula is C129H119N10O5+5. The number of fused-ring (bicyclic) bond motifs is 20. The number of aryl methyl sites for hydroxylation is 12. The van der Waals surface area contributed by atoms with E-state index in [2.05, 4.69) is 240 Å². The fraction of sp³-hybridized carbons (Fsp3) is 0.225. The molecule has 15 heteroatoms. The molecule has 0 spiro atoms. The van der Waals surface area contributed by atoms with Crippen LogP contribution in [0.5, 0.6) is 0 Å². The van der Waals surface area contributed by atoms with Crippen LogP contribution < -0.4 is 22.8 Å². The molecule has 0 saturated heterocycles. The van der Waals surface area contributed by atoms with E-state index in [-0.39, 0.29) is 0 Å². The number of para-hydroxylation sites is 5. The van der Waals surface area contributed by atoms with E-state index in [1.165, 1.54) is 133 Å². The molecule has 10 aromatic carbocycles. The molecule has 0 radical (unpaired) electrons. The molecule has 0 aliphatic heterocycles. The molecule has 15 nitrogen and oxygen atoms in total. The van der Waals surface area contributed by atoms with Crippen LogP contribution in [0.3, 0.4) is 0 Å². The van der Waals surface area contributed by atoms with Crippen molar-refractivity contribution in [3.63, 3.8) is 0 Å². The molecule has 0 bridgehead atoms. The van der Waals surface area contributed by atoms with Crippen LogP contribution in [0.25, 0.3) is 221 Å². The number of rotatable bonds is 11. The molecule has 0 N–H and O–H groups in total. The van der Waals surface area contributed by atoms with Crippen molar-refractivity contribution < 1.29 is 53.1 Å². The number of furan rings is 5. The molecule has 0 amide bonds. The number of pyridine rings is 10. The van der Waals surface area contributed by atoms with Crippen LogP contribution in [0, 0.1) is 53.4 Å². The Kier molecular flexibility index (Phi) is 22.5. The van der Waals surface area contributed by atoms with Crippen molar-refractivity contribution in [1.29, 1.82) is 0 Å². The third-order valence-electron chi connectivity index (χ3n) is 30.0. The van der Waals surface area contributed by atoms with Crippen LogP contribution in [-0.4, -0.2) is 24.9 Å². The summed E-state index contributed by atoms with van der Waals surface area (Å²) in [5, 5.41) is 16.0. The molecule has 25 aromatic rings. The Morgan fingerprint density at radius 2 is 0.556 bits per heavy atom.